The van der Waals surface area contributed by atoms with Crippen LogP contribution in [0.5, 0.6) is 0 Å². The Kier molecular flexibility index (Phi) is 2.80. The average molecular weight is 184 g/mol. The van der Waals surface area contributed by atoms with Crippen molar-refractivity contribution in [2.75, 3.05) is 19.7 Å². The quantitative estimate of drug-likeness (QED) is 0.637. The Hall–Kier alpha value is -0.610. The van der Waals surface area contributed by atoms with Crippen LogP contribution in [0.1, 0.15) is 25.7 Å². The lowest BCUT2D eigenvalue weighted by Gasteiger charge is -2.25. The van der Waals surface area contributed by atoms with E-state index in [-0.39, 0.29) is 11.9 Å². The summed E-state index contributed by atoms with van der Waals surface area (Å²) < 4.78 is 0. The Bertz CT molecular complexity index is 184. The third-order valence-electron chi connectivity index (χ3n) is 2.61. The molecule has 1 N–H and O–H groups in total. The summed E-state index contributed by atoms with van der Waals surface area (Å²) in [5.74, 6) is 0.122. The van der Waals surface area contributed by atoms with Gasteiger partial charge in [0.25, 0.3) is 5.91 Å². The number of rotatable bonds is 1. The predicted molar refractivity (Wildman–Crippen MR) is 47.9 cm³/mol. The van der Waals surface area contributed by atoms with E-state index in [4.69, 9.17) is 4.84 Å². The number of hydrogen-bond donors (Lipinski definition) is 1. The van der Waals surface area contributed by atoms with Crippen molar-refractivity contribution in [2.45, 2.75) is 31.7 Å². The first-order chi connectivity index (χ1) is 6.38. The number of piperidine rings is 1. The zero-order valence-corrected chi connectivity index (χ0v) is 7.79. The maximum Gasteiger partial charge on any atom is 0.263 e. The molecule has 0 aromatic carbocycles. The minimum atomic E-state index is 0.00634. The van der Waals surface area contributed by atoms with Gasteiger partial charge in [0.1, 0.15) is 0 Å². The van der Waals surface area contributed by atoms with Crippen molar-refractivity contribution in [3.8, 4) is 0 Å². The molecule has 2 rings (SSSR count). The third kappa shape index (κ3) is 2.00. The molecule has 0 radical (unpaired) electrons. The van der Waals surface area contributed by atoms with Gasteiger partial charge in [-0.25, -0.2) is 5.06 Å². The van der Waals surface area contributed by atoms with Crippen molar-refractivity contribution in [3.05, 3.63) is 0 Å². The molecule has 2 fully saturated rings. The van der Waals surface area contributed by atoms with Crippen LogP contribution in [-0.2, 0) is 9.63 Å². The molecule has 0 bridgehead atoms. The van der Waals surface area contributed by atoms with E-state index in [1.165, 1.54) is 11.5 Å². The average Bonchev–Trinajstić information content (AvgIpc) is 2.71. The van der Waals surface area contributed by atoms with Gasteiger partial charge in [0.05, 0.1) is 19.2 Å². The van der Waals surface area contributed by atoms with Gasteiger partial charge in [0.15, 0.2) is 0 Å². The van der Waals surface area contributed by atoms with E-state index < -0.39 is 0 Å². The number of nitrogens with one attached hydrogen (secondary N) is 1. The second kappa shape index (κ2) is 4.07. The Morgan fingerprint density at radius 2 is 2.31 bits per heavy atom. The van der Waals surface area contributed by atoms with Gasteiger partial charge in [-0.05, 0) is 25.8 Å². The molecule has 4 nitrogen and oxygen atoms in total. The van der Waals surface area contributed by atoms with E-state index in [0.29, 0.717) is 6.61 Å². The van der Waals surface area contributed by atoms with Crippen LogP contribution < -0.4 is 5.32 Å². The standard InChI is InChI=1S/C9H16N2O2/c12-9(11-6-3-7-13-11)8-4-1-2-5-10-8/h8,10H,1-7H2/t8-/m0/s1. The lowest BCUT2D eigenvalue weighted by Crippen LogP contribution is -2.47. The zero-order chi connectivity index (χ0) is 9.10. The summed E-state index contributed by atoms with van der Waals surface area (Å²) in [5.41, 5.74) is 0. The van der Waals surface area contributed by atoms with Gasteiger partial charge < -0.3 is 5.32 Å². The summed E-state index contributed by atoms with van der Waals surface area (Å²) in [5, 5.41) is 4.74. The summed E-state index contributed by atoms with van der Waals surface area (Å²) in [6.07, 6.45) is 4.26. The molecular formula is C9H16N2O2. The molecule has 2 aliphatic rings. The first kappa shape index (κ1) is 8.97. The largest absolute Gasteiger partial charge is 0.306 e. The molecule has 2 heterocycles. The van der Waals surface area contributed by atoms with Gasteiger partial charge in [-0.15, -0.1) is 0 Å². The summed E-state index contributed by atoms with van der Waals surface area (Å²) in [6, 6.07) is 0.00634. The maximum atomic E-state index is 11.7. The molecular weight excluding hydrogens is 168 g/mol. The number of hydrogen-bond acceptors (Lipinski definition) is 3. The summed E-state index contributed by atoms with van der Waals surface area (Å²) >= 11 is 0. The van der Waals surface area contributed by atoms with E-state index in [1.807, 2.05) is 0 Å². The van der Waals surface area contributed by atoms with Crippen LogP contribution in [0.3, 0.4) is 0 Å². The van der Waals surface area contributed by atoms with Gasteiger partial charge in [-0.1, -0.05) is 6.42 Å². The van der Waals surface area contributed by atoms with Crippen LogP contribution in [0.4, 0.5) is 0 Å². The highest BCUT2D eigenvalue weighted by atomic mass is 16.7. The zero-order valence-electron chi connectivity index (χ0n) is 7.79. The number of amides is 1. The summed E-state index contributed by atoms with van der Waals surface area (Å²) in [7, 11) is 0. The molecule has 13 heavy (non-hydrogen) atoms. The van der Waals surface area contributed by atoms with Crippen LogP contribution in [-0.4, -0.2) is 36.7 Å². The van der Waals surface area contributed by atoms with Crippen molar-refractivity contribution in [1.29, 1.82) is 0 Å². The molecule has 0 aromatic rings. The molecule has 0 spiro atoms. The van der Waals surface area contributed by atoms with Gasteiger partial charge >= 0.3 is 0 Å². The Morgan fingerprint density at radius 1 is 1.38 bits per heavy atom. The fourth-order valence-corrected chi connectivity index (χ4v) is 1.86. The smallest absolute Gasteiger partial charge is 0.263 e. The molecule has 1 amide bonds. The molecule has 2 aliphatic heterocycles. The molecule has 0 aromatic heterocycles. The van der Waals surface area contributed by atoms with Crippen LogP contribution in [0, 0.1) is 0 Å². The van der Waals surface area contributed by atoms with Crippen molar-refractivity contribution in [1.82, 2.24) is 10.4 Å². The van der Waals surface area contributed by atoms with Gasteiger partial charge in [-0.2, -0.15) is 0 Å². The second-order valence-corrected chi connectivity index (χ2v) is 3.63. The lowest BCUT2D eigenvalue weighted by molar-refractivity contribution is -0.171. The molecule has 2 saturated heterocycles. The molecule has 0 unspecified atom stereocenters. The Balaban J connectivity index is 1.87. The van der Waals surface area contributed by atoms with Crippen LogP contribution in [0.15, 0.2) is 0 Å². The number of hydroxylamine groups is 2. The second-order valence-electron chi connectivity index (χ2n) is 3.63. The van der Waals surface area contributed by atoms with Gasteiger partial charge in [0.2, 0.25) is 0 Å². The Labute approximate surface area is 78.2 Å². The number of carbonyl (C=O) groups excluding carboxylic acids is 1. The van der Waals surface area contributed by atoms with E-state index in [9.17, 15) is 4.79 Å². The third-order valence-corrected chi connectivity index (χ3v) is 2.61. The van der Waals surface area contributed by atoms with Gasteiger partial charge in [-0.3, -0.25) is 9.63 Å². The SMILES string of the molecule is O=C([C@@H]1CCCCN1)N1CCCO1. The highest BCUT2D eigenvalue weighted by Gasteiger charge is 2.28. The normalized spacial score (nSPS) is 29.2. The highest BCUT2D eigenvalue weighted by molar-refractivity contribution is 5.81. The molecule has 1 atom stereocenters. The van der Waals surface area contributed by atoms with Crippen LogP contribution in [0.2, 0.25) is 0 Å². The number of nitrogens with zero attached hydrogens (tertiary/aromatic N) is 1. The number of carbonyl (C=O) groups is 1. The van der Waals surface area contributed by atoms with Crippen molar-refractivity contribution < 1.29 is 9.63 Å². The molecule has 74 valence electrons. The summed E-state index contributed by atoms with van der Waals surface area (Å²) in [4.78, 5) is 17.0. The van der Waals surface area contributed by atoms with E-state index in [0.717, 1.165) is 32.4 Å². The fraction of sp³-hybridized carbons (Fsp3) is 0.889. The first-order valence-corrected chi connectivity index (χ1v) is 5.05. The van der Waals surface area contributed by atoms with Gasteiger partial charge in [0, 0.05) is 0 Å². The molecule has 4 heteroatoms. The minimum Gasteiger partial charge on any atom is -0.306 e. The van der Waals surface area contributed by atoms with E-state index in [1.54, 1.807) is 0 Å². The van der Waals surface area contributed by atoms with Crippen molar-refractivity contribution in [2.24, 2.45) is 0 Å². The van der Waals surface area contributed by atoms with Crippen molar-refractivity contribution in [3.63, 3.8) is 0 Å². The van der Waals surface area contributed by atoms with Crippen LogP contribution in [0.25, 0.3) is 0 Å². The monoisotopic (exact) mass is 184 g/mol. The fourth-order valence-electron chi connectivity index (χ4n) is 1.86. The van der Waals surface area contributed by atoms with Crippen molar-refractivity contribution >= 4 is 5.91 Å². The predicted octanol–water partition coefficient (Wildman–Crippen LogP) is 0.292. The Morgan fingerprint density at radius 3 is 2.92 bits per heavy atom. The lowest BCUT2D eigenvalue weighted by atomic mass is 10.0. The van der Waals surface area contributed by atoms with E-state index >= 15 is 0 Å². The summed E-state index contributed by atoms with van der Waals surface area (Å²) in [6.45, 7) is 2.42. The highest BCUT2D eigenvalue weighted by Crippen LogP contribution is 2.13. The minimum absolute atomic E-state index is 0.00634. The molecule has 0 aliphatic carbocycles. The van der Waals surface area contributed by atoms with E-state index in [2.05, 4.69) is 5.32 Å². The molecule has 0 saturated carbocycles. The maximum absolute atomic E-state index is 11.7. The van der Waals surface area contributed by atoms with Crippen LogP contribution >= 0.6 is 0 Å². The topological polar surface area (TPSA) is 41.6 Å². The first-order valence-electron chi connectivity index (χ1n) is 5.05.